The van der Waals surface area contributed by atoms with Crippen LogP contribution < -0.4 is 9.47 Å². The van der Waals surface area contributed by atoms with Gasteiger partial charge in [0.05, 0.1) is 12.7 Å². The predicted molar refractivity (Wildman–Crippen MR) is 104 cm³/mol. The first-order valence-corrected chi connectivity index (χ1v) is 9.53. The van der Waals surface area contributed by atoms with Crippen molar-refractivity contribution in [1.82, 2.24) is 0 Å². The van der Waals surface area contributed by atoms with E-state index in [2.05, 4.69) is 13.0 Å². The second-order valence-corrected chi connectivity index (χ2v) is 7.27. The zero-order valence-corrected chi connectivity index (χ0v) is 15.9. The van der Waals surface area contributed by atoms with E-state index < -0.39 is 11.4 Å². The van der Waals surface area contributed by atoms with Gasteiger partial charge >= 0.3 is 5.97 Å². The summed E-state index contributed by atoms with van der Waals surface area (Å²) in [5.74, 6) is 1.26. The molecular formula is C23H25NO3. The lowest BCUT2D eigenvalue weighted by molar-refractivity contribution is -0.144. The van der Waals surface area contributed by atoms with Crippen molar-refractivity contribution >= 4 is 5.97 Å². The van der Waals surface area contributed by atoms with Gasteiger partial charge in [-0.3, -0.25) is 0 Å². The van der Waals surface area contributed by atoms with Gasteiger partial charge in [-0.05, 0) is 61.1 Å². The minimum Gasteiger partial charge on any atom is -0.494 e. The van der Waals surface area contributed by atoms with Crippen LogP contribution in [-0.2, 0) is 4.79 Å². The van der Waals surface area contributed by atoms with Gasteiger partial charge in [0.2, 0.25) is 0 Å². The van der Waals surface area contributed by atoms with Crippen LogP contribution in [0.15, 0.2) is 48.5 Å². The number of benzene rings is 2. The van der Waals surface area contributed by atoms with Gasteiger partial charge in [0.15, 0.2) is 5.41 Å². The van der Waals surface area contributed by atoms with E-state index in [9.17, 15) is 10.1 Å². The van der Waals surface area contributed by atoms with Crippen LogP contribution in [0.1, 0.15) is 39.5 Å². The molecule has 27 heavy (non-hydrogen) atoms. The SMILES string of the molecule is CCOc1ccc(-c2ccc(OC(=O)C3(C#N)CCCC(C)C3)cc2)cc1. The number of rotatable bonds is 5. The highest BCUT2D eigenvalue weighted by molar-refractivity contribution is 5.82. The lowest BCUT2D eigenvalue weighted by Gasteiger charge is -2.31. The molecule has 1 aliphatic rings. The summed E-state index contributed by atoms with van der Waals surface area (Å²) in [4.78, 5) is 12.7. The number of hydrogen-bond donors (Lipinski definition) is 0. The van der Waals surface area contributed by atoms with Crippen LogP contribution in [-0.4, -0.2) is 12.6 Å². The van der Waals surface area contributed by atoms with E-state index in [1.54, 1.807) is 12.1 Å². The van der Waals surface area contributed by atoms with Crippen molar-refractivity contribution in [1.29, 1.82) is 5.26 Å². The molecule has 2 aromatic rings. The Bertz CT molecular complexity index is 820. The summed E-state index contributed by atoms with van der Waals surface area (Å²) < 4.78 is 11.0. The standard InChI is InChI=1S/C23H25NO3/c1-3-26-20-10-6-18(7-11-20)19-8-12-21(13-9-19)27-22(25)23(16-24)14-4-5-17(2)15-23/h6-13,17H,3-5,14-15H2,1-2H3. The van der Waals surface area contributed by atoms with Crippen LogP contribution in [0.2, 0.25) is 0 Å². The fourth-order valence-corrected chi connectivity index (χ4v) is 3.71. The fourth-order valence-electron chi connectivity index (χ4n) is 3.71. The molecular weight excluding hydrogens is 338 g/mol. The number of hydrogen-bond acceptors (Lipinski definition) is 4. The smallest absolute Gasteiger partial charge is 0.331 e. The summed E-state index contributed by atoms with van der Waals surface area (Å²) in [6.45, 7) is 4.69. The molecule has 0 N–H and O–H groups in total. The molecule has 4 heteroatoms. The van der Waals surface area contributed by atoms with Crippen molar-refractivity contribution in [2.24, 2.45) is 11.3 Å². The molecule has 0 radical (unpaired) electrons. The zero-order chi connectivity index (χ0) is 19.3. The molecule has 140 valence electrons. The summed E-state index contributed by atoms with van der Waals surface area (Å²) in [7, 11) is 0. The summed E-state index contributed by atoms with van der Waals surface area (Å²) in [5, 5.41) is 9.60. The monoisotopic (exact) mass is 363 g/mol. The van der Waals surface area contributed by atoms with Crippen LogP contribution in [0, 0.1) is 22.7 Å². The third-order valence-corrected chi connectivity index (χ3v) is 5.17. The maximum absolute atomic E-state index is 12.7. The van der Waals surface area contributed by atoms with Crippen molar-refractivity contribution in [2.45, 2.75) is 39.5 Å². The Labute approximate surface area is 160 Å². The summed E-state index contributed by atoms with van der Waals surface area (Å²) in [6, 6.07) is 17.5. The number of nitrogens with zero attached hydrogens (tertiary/aromatic N) is 1. The Balaban J connectivity index is 1.70. The number of nitriles is 1. The van der Waals surface area contributed by atoms with E-state index >= 15 is 0 Å². The average molecular weight is 363 g/mol. The Morgan fingerprint density at radius 3 is 2.22 bits per heavy atom. The first-order chi connectivity index (χ1) is 13.1. The van der Waals surface area contributed by atoms with E-state index in [-0.39, 0.29) is 0 Å². The van der Waals surface area contributed by atoms with Crippen LogP contribution in [0.25, 0.3) is 11.1 Å². The molecule has 1 saturated carbocycles. The molecule has 0 heterocycles. The van der Waals surface area contributed by atoms with Crippen LogP contribution in [0.4, 0.5) is 0 Å². The lowest BCUT2D eigenvalue weighted by Crippen LogP contribution is -2.37. The van der Waals surface area contributed by atoms with Gasteiger partial charge in [-0.2, -0.15) is 5.26 Å². The second-order valence-electron chi connectivity index (χ2n) is 7.27. The molecule has 1 aliphatic carbocycles. The van der Waals surface area contributed by atoms with Gasteiger partial charge in [0.25, 0.3) is 0 Å². The summed E-state index contributed by atoms with van der Waals surface area (Å²) >= 11 is 0. The molecule has 1 fully saturated rings. The highest BCUT2D eigenvalue weighted by atomic mass is 16.5. The first-order valence-electron chi connectivity index (χ1n) is 9.53. The quantitative estimate of drug-likeness (QED) is 0.529. The van der Waals surface area contributed by atoms with E-state index in [4.69, 9.17) is 9.47 Å². The average Bonchev–Trinajstić information content (AvgIpc) is 2.69. The number of esters is 1. The Kier molecular flexibility index (Phi) is 5.81. The van der Waals surface area contributed by atoms with Crippen molar-refractivity contribution in [3.8, 4) is 28.7 Å². The molecule has 0 bridgehead atoms. The molecule has 3 rings (SSSR count). The van der Waals surface area contributed by atoms with Gasteiger partial charge in [-0.1, -0.05) is 44.0 Å². The third-order valence-electron chi connectivity index (χ3n) is 5.17. The molecule has 2 aromatic carbocycles. The number of ether oxygens (including phenoxy) is 2. The first kappa shape index (κ1) is 19.0. The third kappa shape index (κ3) is 4.31. The molecule has 0 spiro atoms. The van der Waals surface area contributed by atoms with Crippen LogP contribution in [0.5, 0.6) is 11.5 Å². The highest BCUT2D eigenvalue weighted by Gasteiger charge is 2.43. The molecule has 4 nitrogen and oxygen atoms in total. The van der Waals surface area contributed by atoms with Crippen molar-refractivity contribution in [2.75, 3.05) is 6.61 Å². The van der Waals surface area contributed by atoms with Crippen molar-refractivity contribution < 1.29 is 14.3 Å². The number of carbonyl (C=O) groups excluding carboxylic acids is 1. The van der Waals surface area contributed by atoms with E-state index in [0.717, 1.165) is 29.7 Å². The highest BCUT2D eigenvalue weighted by Crippen LogP contribution is 2.40. The lowest BCUT2D eigenvalue weighted by atomic mass is 9.71. The normalized spacial score (nSPS) is 21.9. The minimum atomic E-state index is -1.01. The molecule has 2 unspecified atom stereocenters. The molecule has 0 amide bonds. The largest absolute Gasteiger partial charge is 0.494 e. The van der Waals surface area contributed by atoms with E-state index in [1.807, 2.05) is 43.3 Å². The summed E-state index contributed by atoms with van der Waals surface area (Å²) in [6.07, 6.45) is 3.11. The molecule has 0 aliphatic heterocycles. The van der Waals surface area contributed by atoms with Gasteiger partial charge in [0, 0.05) is 0 Å². The Morgan fingerprint density at radius 1 is 1.11 bits per heavy atom. The predicted octanol–water partition coefficient (Wildman–Crippen LogP) is 5.38. The van der Waals surface area contributed by atoms with E-state index in [0.29, 0.717) is 31.1 Å². The minimum absolute atomic E-state index is 0.369. The molecule has 0 aromatic heterocycles. The van der Waals surface area contributed by atoms with Gasteiger partial charge in [-0.25, -0.2) is 4.79 Å². The topological polar surface area (TPSA) is 59.3 Å². The van der Waals surface area contributed by atoms with Gasteiger partial charge in [-0.15, -0.1) is 0 Å². The fraction of sp³-hybridized carbons (Fsp3) is 0.391. The Hall–Kier alpha value is -2.80. The Morgan fingerprint density at radius 2 is 1.70 bits per heavy atom. The maximum Gasteiger partial charge on any atom is 0.331 e. The zero-order valence-electron chi connectivity index (χ0n) is 15.9. The van der Waals surface area contributed by atoms with E-state index in [1.165, 1.54) is 0 Å². The number of carbonyl (C=O) groups is 1. The molecule has 2 atom stereocenters. The second kappa shape index (κ2) is 8.26. The summed E-state index contributed by atoms with van der Waals surface area (Å²) in [5.41, 5.74) is 1.08. The van der Waals surface area contributed by atoms with Crippen LogP contribution in [0.3, 0.4) is 0 Å². The molecule has 0 saturated heterocycles. The van der Waals surface area contributed by atoms with Crippen molar-refractivity contribution in [3.05, 3.63) is 48.5 Å². The maximum atomic E-state index is 12.7. The van der Waals surface area contributed by atoms with Gasteiger partial charge < -0.3 is 9.47 Å². The van der Waals surface area contributed by atoms with Gasteiger partial charge in [0.1, 0.15) is 11.5 Å². The van der Waals surface area contributed by atoms with Crippen molar-refractivity contribution in [3.63, 3.8) is 0 Å². The van der Waals surface area contributed by atoms with Crippen LogP contribution >= 0.6 is 0 Å².